The molecule has 5 nitrogen and oxygen atoms in total. The Bertz CT molecular complexity index is 656. The fraction of sp³-hybridized carbons (Fsp3) is 0.412. The van der Waals surface area contributed by atoms with Gasteiger partial charge in [0.15, 0.2) is 0 Å². The standard InChI is InChI=1S/C17H23N3O2/c1-4-7-18-8-9-19-17(21)15-10-13-5-6-14(22-3)11-16(13)20-12(15)2/h5-6,10-11,18H,4,7-9H2,1-3H3,(H,19,21). The molecule has 0 spiro atoms. The molecule has 0 unspecified atom stereocenters. The highest BCUT2D eigenvalue weighted by atomic mass is 16.5. The van der Waals surface area contributed by atoms with Gasteiger partial charge >= 0.3 is 0 Å². The number of aryl methyl sites for hydroxylation is 1. The van der Waals surface area contributed by atoms with Crippen LogP contribution < -0.4 is 15.4 Å². The Morgan fingerprint density at radius 1 is 1.23 bits per heavy atom. The van der Waals surface area contributed by atoms with Gasteiger partial charge in [-0.15, -0.1) is 0 Å². The van der Waals surface area contributed by atoms with Crippen LogP contribution in [0, 0.1) is 6.92 Å². The first-order chi connectivity index (χ1) is 10.7. The molecular weight excluding hydrogens is 278 g/mol. The molecule has 1 heterocycles. The summed E-state index contributed by atoms with van der Waals surface area (Å²) in [6.45, 7) is 6.32. The molecule has 2 aromatic rings. The van der Waals surface area contributed by atoms with Crippen LogP contribution in [-0.2, 0) is 0 Å². The highest BCUT2D eigenvalue weighted by Gasteiger charge is 2.11. The second-order valence-electron chi connectivity index (χ2n) is 5.19. The molecule has 0 saturated carbocycles. The third kappa shape index (κ3) is 3.95. The number of pyridine rings is 1. The molecule has 1 aromatic heterocycles. The minimum atomic E-state index is -0.0824. The number of rotatable bonds is 7. The third-order valence-electron chi connectivity index (χ3n) is 3.47. The summed E-state index contributed by atoms with van der Waals surface area (Å²) in [6.07, 6.45) is 1.09. The van der Waals surface area contributed by atoms with Gasteiger partial charge in [0.1, 0.15) is 5.75 Å². The van der Waals surface area contributed by atoms with Crippen molar-refractivity contribution in [3.63, 3.8) is 0 Å². The zero-order chi connectivity index (χ0) is 15.9. The summed E-state index contributed by atoms with van der Waals surface area (Å²) < 4.78 is 5.20. The van der Waals surface area contributed by atoms with Gasteiger partial charge < -0.3 is 15.4 Å². The number of benzene rings is 1. The Morgan fingerprint density at radius 2 is 2.05 bits per heavy atom. The van der Waals surface area contributed by atoms with E-state index in [0.29, 0.717) is 12.1 Å². The van der Waals surface area contributed by atoms with Crippen LogP contribution in [0.4, 0.5) is 0 Å². The van der Waals surface area contributed by atoms with Gasteiger partial charge in [0, 0.05) is 24.5 Å². The number of hydrogen-bond donors (Lipinski definition) is 2. The smallest absolute Gasteiger partial charge is 0.253 e. The predicted molar refractivity (Wildman–Crippen MR) is 88.5 cm³/mol. The first-order valence-corrected chi connectivity index (χ1v) is 7.60. The van der Waals surface area contributed by atoms with E-state index in [1.165, 1.54) is 0 Å². The van der Waals surface area contributed by atoms with E-state index >= 15 is 0 Å². The second-order valence-corrected chi connectivity index (χ2v) is 5.19. The lowest BCUT2D eigenvalue weighted by Gasteiger charge is -2.10. The van der Waals surface area contributed by atoms with Gasteiger partial charge in [0.2, 0.25) is 0 Å². The third-order valence-corrected chi connectivity index (χ3v) is 3.47. The van der Waals surface area contributed by atoms with E-state index in [4.69, 9.17) is 4.74 Å². The quantitative estimate of drug-likeness (QED) is 0.770. The number of hydrogen-bond acceptors (Lipinski definition) is 4. The zero-order valence-electron chi connectivity index (χ0n) is 13.4. The van der Waals surface area contributed by atoms with E-state index in [1.807, 2.05) is 31.2 Å². The lowest BCUT2D eigenvalue weighted by atomic mass is 10.1. The summed E-state index contributed by atoms with van der Waals surface area (Å²) in [5.74, 6) is 0.680. The molecule has 5 heteroatoms. The maximum absolute atomic E-state index is 12.3. The van der Waals surface area contributed by atoms with E-state index in [0.717, 1.165) is 41.9 Å². The minimum absolute atomic E-state index is 0.0824. The fourth-order valence-electron chi connectivity index (χ4n) is 2.26. The molecule has 2 N–H and O–H groups in total. The molecule has 0 aliphatic carbocycles. The number of aromatic nitrogens is 1. The Morgan fingerprint density at radius 3 is 2.77 bits per heavy atom. The van der Waals surface area contributed by atoms with E-state index in [-0.39, 0.29) is 5.91 Å². The molecule has 0 fully saturated rings. The largest absolute Gasteiger partial charge is 0.497 e. The van der Waals surface area contributed by atoms with E-state index in [2.05, 4.69) is 22.5 Å². The molecule has 0 radical (unpaired) electrons. The van der Waals surface area contributed by atoms with Crippen molar-refractivity contribution in [1.82, 2.24) is 15.6 Å². The lowest BCUT2D eigenvalue weighted by molar-refractivity contribution is 0.0953. The van der Waals surface area contributed by atoms with Crippen LogP contribution in [0.15, 0.2) is 24.3 Å². The first-order valence-electron chi connectivity index (χ1n) is 7.60. The van der Waals surface area contributed by atoms with Crippen LogP contribution in [0.3, 0.4) is 0 Å². The van der Waals surface area contributed by atoms with Gasteiger partial charge in [0.05, 0.1) is 23.9 Å². The van der Waals surface area contributed by atoms with Crippen molar-refractivity contribution >= 4 is 16.8 Å². The van der Waals surface area contributed by atoms with Gasteiger partial charge in [-0.25, -0.2) is 0 Å². The van der Waals surface area contributed by atoms with Gasteiger partial charge in [-0.05, 0) is 38.1 Å². The van der Waals surface area contributed by atoms with Gasteiger partial charge in [-0.2, -0.15) is 0 Å². The summed E-state index contributed by atoms with van der Waals surface area (Å²) in [5.41, 5.74) is 2.17. The molecule has 0 bridgehead atoms. The second kappa shape index (κ2) is 7.75. The number of fused-ring (bicyclic) bond motifs is 1. The number of methoxy groups -OCH3 is 1. The van der Waals surface area contributed by atoms with Crippen LogP contribution >= 0.6 is 0 Å². The maximum Gasteiger partial charge on any atom is 0.253 e. The van der Waals surface area contributed by atoms with Crippen LogP contribution in [-0.4, -0.2) is 37.6 Å². The van der Waals surface area contributed by atoms with Crippen LogP contribution in [0.2, 0.25) is 0 Å². The Labute approximate surface area is 131 Å². The molecule has 1 aromatic carbocycles. The van der Waals surface area contributed by atoms with Crippen LogP contribution in [0.1, 0.15) is 29.4 Å². The monoisotopic (exact) mass is 301 g/mol. The molecule has 22 heavy (non-hydrogen) atoms. The Hall–Kier alpha value is -2.14. The SMILES string of the molecule is CCCNCCNC(=O)c1cc2ccc(OC)cc2nc1C. The Kier molecular flexibility index (Phi) is 5.72. The van der Waals surface area contributed by atoms with Crippen molar-refractivity contribution in [2.75, 3.05) is 26.7 Å². The molecule has 118 valence electrons. The number of carbonyl (C=O) groups is 1. The molecule has 0 aliphatic rings. The van der Waals surface area contributed by atoms with Crippen molar-refractivity contribution in [2.24, 2.45) is 0 Å². The highest BCUT2D eigenvalue weighted by molar-refractivity contribution is 5.98. The van der Waals surface area contributed by atoms with Crippen molar-refractivity contribution < 1.29 is 9.53 Å². The number of carbonyl (C=O) groups excluding carboxylic acids is 1. The number of ether oxygens (including phenoxy) is 1. The van der Waals surface area contributed by atoms with Crippen molar-refractivity contribution in [2.45, 2.75) is 20.3 Å². The molecule has 1 amide bonds. The topological polar surface area (TPSA) is 63.2 Å². The van der Waals surface area contributed by atoms with Gasteiger partial charge in [0.25, 0.3) is 5.91 Å². The van der Waals surface area contributed by atoms with Crippen LogP contribution in [0.5, 0.6) is 5.75 Å². The summed E-state index contributed by atoms with van der Waals surface area (Å²) >= 11 is 0. The fourth-order valence-corrected chi connectivity index (χ4v) is 2.26. The first kappa shape index (κ1) is 16.2. The average Bonchev–Trinajstić information content (AvgIpc) is 2.53. The Balaban J connectivity index is 2.10. The highest BCUT2D eigenvalue weighted by Crippen LogP contribution is 2.21. The summed E-state index contributed by atoms with van der Waals surface area (Å²) in [7, 11) is 1.63. The van der Waals surface area contributed by atoms with Crippen LogP contribution in [0.25, 0.3) is 10.9 Å². The van der Waals surface area contributed by atoms with E-state index in [1.54, 1.807) is 7.11 Å². The van der Waals surface area contributed by atoms with E-state index < -0.39 is 0 Å². The molecule has 0 aliphatic heterocycles. The van der Waals surface area contributed by atoms with Gasteiger partial charge in [-0.3, -0.25) is 9.78 Å². The normalized spacial score (nSPS) is 10.7. The predicted octanol–water partition coefficient (Wildman–Crippen LogP) is 2.28. The summed E-state index contributed by atoms with van der Waals surface area (Å²) in [5, 5.41) is 7.11. The summed E-state index contributed by atoms with van der Waals surface area (Å²) in [4.78, 5) is 16.8. The molecular formula is C17H23N3O2. The zero-order valence-corrected chi connectivity index (χ0v) is 13.4. The lowest BCUT2D eigenvalue weighted by Crippen LogP contribution is -2.32. The average molecular weight is 301 g/mol. The van der Waals surface area contributed by atoms with Crippen molar-refractivity contribution in [3.05, 3.63) is 35.5 Å². The molecule has 0 saturated heterocycles. The van der Waals surface area contributed by atoms with Gasteiger partial charge in [-0.1, -0.05) is 6.92 Å². The number of amides is 1. The summed E-state index contributed by atoms with van der Waals surface area (Å²) in [6, 6.07) is 7.54. The van der Waals surface area contributed by atoms with Crippen molar-refractivity contribution in [3.8, 4) is 5.75 Å². The number of nitrogens with one attached hydrogen (secondary N) is 2. The van der Waals surface area contributed by atoms with Crippen molar-refractivity contribution in [1.29, 1.82) is 0 Å². The maximum atomic E-state index is 12.3. The van der Waals surface area contributed by atoms with E-state index in [9.17, 15) is 4.79 Å². The molecule has 0 atom stereocenters. The molecule has 2 rings (SSSR count). The minimum Gasteiger partial charge on any atom is -0.497 e. The number of nitrogens with zero attached hydrogens (tertiary/aromatic N) is 1.